The van der Waals surface area contributed by atoms with Gasteiger partial charge in [0.15, 0.2) is 0 Å². The number of morpholine rings is 1. The van der Waals surface area contributed by atoms with E-state index in [1.54, 1.807) is 4.90 Å². The van der Waals surface area contributed by atoms with Crippen molar-refractivity contribution in [3.05, 3.63) is 23.9 Å². The molecule has 1 aliphatic heterocycles. The minimum Gasteiger partial charge on any atom is -0.478 e. The Morgan fingerprint density at radius 2 is 2.06 bits per heavy atom. The maximum Gasteiger partial charge on any atom is 0.337 e. The molecule has 18 heavy (non-hydrogen) atoms. The van der Waals surface area contributed by atoms with Crippen LogP contribution >= 0.6 is 0 Å². The standard InChI is InChI=1S/C11H13N3O4/c15-10(16)8-1-2-9(12-7-8)13-11(17)14-3-5-18-6-4-14/h1-2,7H,3-6H2,(H,15,16)(H,12,13,17). The predicted molar refractivity (Wildman–Crippen MR) is 62.6 cm³/mol. The van der Waals surface area contributed by atoms with E-state index in [-0.39, 0.29) is 11.6 Å². The van der Waals surface area contributed by atoms with Crippen LogP contribution < -0.4 is 5.32 Å². The molecule has 0 aliphatic carbocycles. The molecule has 0 radical (unpaired) electrons. The fraction of sp³-hybridized carbons (Fsp3) is 0.364. The number of carbonyl (C=O) groups excluding carboxylic acids is 1. The Kier molecular flexibility index (Phi) is 3.73. The minimum atomic E-state index is -1.05. The number of pyridine rings is 1. The van der Waals surface area contributed by atoms with Gasteiger partial charge in [0.1, 0.15) is 5.82 Å². The number of aromatic nitrogens is 1. The highest BCUT2D eigenvalue weighted by Gasteiger charge is 2.17. The normalized spacial score (nSPS) is 15.2. The molecule has 1 aromatic heterocycles. The summed E-state index contributed by atoms with van der Waals surface area (Å²) in [7, 11) is 0. The zero-order valence-electron chi connectivity index (χ0n) is 9.63. The van der Waals surface area contributed by atoms with Crippen LogP contribution in [0.4, 0.5) is 10.6 Å². The summed E-state index contributed by atoms with van der Waals surface area (Å²) in [5.74, 6) is -0.718. The van der Waals surface area contributed by atoms with E-state index in [0.717, 1.165) is 0 Å². The van der Waals surface area contributed by atoms with Gasteiger partial charge in [0.25, 0.3) is 0 Å². The summed E-state index contributed by atoms with van der Waals surface area (Å²) >= 11 is 0. The maximum absolute atomic E-state index is 11.8. The van der Waals surface area contributed by atoms with Crippen molar-refractivity contribution < 1.29 is 19.4 Å². The van der Waals surface area contributed by atoms with E-state index < -0.39 is 5.97 Å². The average molecular weight is 251 g/mol. The van der Waals surface area contributed by atoms with Gasteiger partial charge in [-0.05, 0) is 12.1 Å². The molecule has 1 aromatic rings. The summed E-state index contributed by atoms with van der Waals surface area (Å²) in [6.07, 6.45) is 1.21. The smallest absolute Gasteiger partial charge is 0.337 e. The van der Waals surface area contributed by atoms with Gasteiger partial charge >= 0.3 is 12.0 Å². The topological polar surface area (TPSA) is 91.8 Å². The van der Waals surface area contributed by atoms with Crippen LogP contribution in [0.5, 0.6) is 0 Å². The molecule has 7 nitrogen and oxygen atoms in total. The number of urea groups is 1. The quantitative estimate of drug-likeness (QED) is 0.805. The number of hydrogen-bond acceptors (Lipinski definition) is 4. The van der Waals surface area contributed by atoms with Crippen molar-refractivity contribution in [1.29, 1.82) is 0 Å². The first-order valence-corrected chi connectivity index (χ1v) is 5.50. The second-order valence-electron chi connectivity index (χ2n) is 3.77. The molecule has 1 saturated heterocycles. The highest BCUT2D eigenvalue weighted by molar-refractivity contribution is 5.90. The van der Waals surface area contributed by atoms with Gasteiger partial charge in [-0.25, -0.2) is 14.6 Å². The van der Waals surface area contributed by atoms with Crippen LogP contribution in [0.2, 0.25) is 0 Å². The van der Waals surface area contributed by atoms with E-state index in [4.69, 9.17) is 9.84 Å². The summed E-state index contributed by atoms with van der Waals surface area (Å²) in [6, 6.07) is 2.60. The molecule has 96 valence electrons. The molecule has 7 heteroatoms. The predicted octanol–water partition coefficient (Wildman–Crippen LogP) is 0.644. The van der Waals surface area contributed by atoms with Gasteiger partial charge in [0.2, 0.25) is 0 Å². The van der Waals surface area contributed by atoms with Crippen molar-refractivity contribution in [2.24, 2.45) is 0 Å². The lowest BCUT2D eigenvalue weighted by Gasteiger charge is -2.26. The largest absolute Gasteiger partial charge is 0.478 e. The van der Waals surface area contributed by atoms with E-state index in [1.165, 1.54) is 18.3 Å². The number of aromatic carboxylic acids is 1. The highest BCUT2D eigenvalue weighted by Crippen LogP contribution is 2.07. The number of carboxylic acids is 1. The summed E-state index contributed by atoms with van der Waals surface area (Å²) in [4.78, 5) is 27.9. The molecule has 2 heterocycles. The fourth-order valence-corrected chi connectivity index (χ4v) is 1.55. The van der Waals surface area contributed by atoms with Crippen LogP contribution in [0.1, 0.15) is 10.4 Å². The Balaban J connectivity index is 1.96. The van der Waals surface area contributed by atoms with Crippen LogP contribution in [-0.4, -0.2) is 53.3 Å². The first kappa shape index (κ1) is 12.3. The second kappa shape index (κ2) is 5.46. The maximum atomic E-state index is 11.8. The van der Waals surface area contributed by atoms with E-state index in [1.807, 2.05) is 0 Å². The Morgan fingerprint density at radius 3 is 2.61 bits per heavy atom. The monoisotopic (exact) mass is 251 g/mol. The zero-order chi connectivity index (χ0) is 13.0. The van der Waals surface area contributed by atoms with Gasteiger partial charge in [0, 0.05) is 19.3 Å². The lowest BCUT2D eigenvalue weighted by molar-refractivity contribution is 0.0564. The highest BCUT2D eigenvalue weighted by atomic mass is 16.5. The molecule has 0 spiro atoms. The average Bonchev–Trinajstić information content (AvgIpc) is 2.40. The number of carbonyl (C=O) groups is 2. The van der Waals surface area contributed by atoms with Crippen molar-refractivity contribution in [2.75, 3.05) is 31.6 Å². The summed E-state index contributed by atoms with van der Waals surface area (Å²) in [6.45, 7) is 2.13. The van der Waals surface area contributed by atoms with Crippen LogP contribution in [-0.2, 0) is 4.74 Å². The molecular weight excluding hydrogens is 238 g/mol. The molecule has 0 saturated carbocycles. The molecule has 2 rings (SSSR count). The number of anilines is 1. The molecule has 2 amide bonds. The van der Waals surface area contributed by atoms with Gasteiger partial charge in [0.05, 0.1) is 18.8 Å². The number of nitrogens with one attached hydrogen (secondary N) is 1. The fourth-order valence-electron chi connectivity index (χ4n) is 1.55. The third-order valence-electron chi connectivity index (χ3n) is 2.54. The second-order valence-corrected chi connectivity index (χ2v) is 3.77. The molecular formula is C11H13N3O4. The molecule has 0 unspecified atom stereocenters. The van der Waals surface area contributed by atoms with Crippen molar-refractivity contribution in [1.82, 2.24) is 9.88 Å². The van der Waals surface area contributed by atoms with E-state index in [2.05, 4.69) is 10.3 Å². The Hall–Kier alpha value is -2.15. The lowest BCUT2D eigenvalue weighted by Crippen LogP contribution is -2.43. The Morgan fingerprint density at radius 1 is 1.33 bits per heavy atom. The van der Waals surface area contributed by atoms with E-state index in [0.29, 0.717) is 32.1 Å². The van der Waals surface area contributed by atoms with Crippen molar-refractivity contribution in [3.63, 3.8) is 0 Å². The summed E-state index contributed by atoms with van der Waals surface area (Å²) in [5, 5.41) is 11.3. The van der Waals surface area contributed by atoms with Crippen molar-refractivity contribution in [3.8, 4) is 0 Å². The van der Waals surface area contributed by atoms with Crippen molar-refractivity contribution >= 4 is 17.8 Å². The first-order chi connectivity index (χ1) is 8.66. The van der Waals surface area contributed by atoms with Crippen LogP contribution in [0.25, 0.3) is 0 Å². The number of amides is 2. The van der Waals surface area contributed by atoms with Crippen LogP contribution in [0.15, 0.2) is 18.3 Å². The number of ether oxygens (including phenoxy) is 1. The minimum absolute atomic E-state index is 0.0828. The number of hydrogen-bond donors (Lipinski definition) is 2. The SMILES string of the molecule is O=C(O)c1ccc(NC(=O)N2CCOCC2)nc1. The van der Waals surface area contributed by atoms with E-state index in [9.17, 15) is 9.59 Å². The summed E-state index contributed by atoms with van der Waals surface area (Å²) in [5.41, 5.74) is 0.0828. The number of rotatable bonds is 2. The van der Waals surface area contributed by atoms with Gasteiger partial charge < -0.3 is 14.7 Å². The molecule has 1 aliphatic rings. The number of carboxylic acid groups (broad SMARTS) is 1. The molecule has 0 aromatic carbocycles. The van der Waals surface area contributed by atoms with Gasteiger partial charge in [-0.2, -0.15) is 0 Å². The lowest BCUT2D eigenvalue weighted by atomic mass is 10.3. The van der Waals surface area contributed by atoms with Gasteiger partial charge in [-0.15, -0.1) is 0 Å². The molecule has 0 atom stereocenters. The molecule has 0 bridgehead atoms. The van der Waals surface area contributed by atoms with Gasteiger partial charge in [-0.1, -0.05) is 0 Å². The number of nitrogens with zero attached hydrogens (tertiary/aromatic N) is 2. The first-order valence-electron chi connectivity index (χ1n) is 5.50. The molecule has 2 N–H and O–H groups in total. The molecule has 1 fully saturated rings. The van der Waals surface area contributed by atoms with Gasteiger partial charge in [-0.3, -0.25) is 5.32 Å². The van der Waals surface area contributed by atoms with Crippen molar-refractivity contribution in [2.45, 2.75) is 0 Å². The van der Waals surface area contributed by atoms with Crippen LogP contribution in [0.3, 0.4) is 0 Å². The van der Waals surface area contributed by atoms with E-state index >= 15 is 0 Å². The third kappa shape index (κ3) is 2.95. The Labute approximate surface area is 103 Å². The van der Waals surface area contributed by atoms with Crippen LogP contribution in [0, 0.1) is 0 Å². The zero-order valence-corrected chi connectivity index (χ0v) is 9.63. The third-order valence-corrected chi connectivity index (χ3v) is 2.54. The Bertz CT molecular complexity index is 440. The summed E-state index contributed by atoms with van der Waals surface area (Å²) < 4.78 is 5.14.